The fraction of sp³-hybridized carbons (Fsp3) is 0.538. The molecule has 0 aliphatic heterocycles. The zero-order valence-electron chi connectivity index (χ0n) is 10.5. The highest BCUT2D eigenvalue weighted by Crippen LogP contribution is 2.29. The van der Waals surface area contributed by atoms with Crippen LogP contribution in [0.1, 0.15) is 32.6 Å². The Morgan fingerprint density at radius 1 is 1.33 bits per heavy atom. The van der Waals surface area contributed by atoms with Crippen LogP contribution in [-0.4, -0.2) is 15.5 Å². The molecule has 0 fully saturated rings. The second-order valence-electron chi connectivity index (χ2n) is 4.14. The summed E-state index contributed by atoms with van der Waals surface area (Å²) in [6.07, 6.45) is 4.93. The summed E-state index contributed by atoms with van der Waals surface area (Å²) in [4.78, 5) is 11.3. The summed E-state index contributed by atoms with van der Waals surface area (Å²) in [5, 5.41) is 12.1. The maximum atomic E-state index is 10.6. The van der Waals surface area contributed by atoms with E-state index < -0.39 is 0 Å². The predicted molar refractivity (Wildman–Crippen MR) is 80.7 cm³/mol. The maximum Gasteiger partial charge on any atom is 0.269 e. The van der Waals surface area contributed by atoms with Crippen molar-refractivity contribution in [3.63, 3.8) is 0 Å². The van der Waals surface area contributed by atoms with Gasteiger partial charge in [0.15, 0.2) is 0 Å². The van der Waals surface area contributed by atoms with Gasteiger partial charge in [-0.05, 0) is 18.6 Å². The van der Waals surface area contributed by atoms with Crippen molar-refractivity contribution in [1.82, 2.24) is 0 Å². The zero-order valence-corrected chi connectivity index (χ0v) is 12.9. The number of rotatable bonds is 8. The summed E-state index contributed by atoms with van der Waals surface area (Å²) >= 11 is 5.32. The minimum atomic E-state index is -0.363. The van der Waals surface area contributed by atoms with Gasteiger partial charge in [0.25, 0.3) is 5.69 Å². The Balaban J connectivity index is 2.50. The van der Waals surface area contributed by atoms with Gasteiger partial charge in [-0.15, -0.1) is 11.8 Å². The maximum absolute atomic E-state index is 10.6. The van der Waals surface area contributed by atoms with Crippen molar-refractivity contribution in [3.8, 4) is 0 Å². The molecule has 0 aliphatic carbocycles. The first kappa shape index (κ1) is 15.5. The molecular formula is C13H18BrNO2S. The third kappa shape index (κ3) is 5.40. The van der Waals surface area contributed by atoms with Crippen molar-refractivity contribution >= 4 is 33.4 Å². The van der Waals surface area contributed by atoms with Crippen LogP contribution in [0.5, 0.6) is 0 Å². The van der Waals surface area contributed by atoms with Crippen molar-refractivity contribution < 1.29 is 4.92 Å². The summed E-state index contributed by atoms with van der Waals surface area (Å²) in [6.45, 7) is 2.20. The van der Waals surface area contributed by atoms with Gasteiger partial charge in [-0.2, -0.15) is 0 Å². The summed E-state index contributed by atoms with van der Waals surface area (Å²) in [5.74, 6) is 0. The van der Waals surface area contributed by atoms with Gasteiger partial charge >= 0.3 is 0 Å². The number of nitro benzene ring substituents is 1. The molecule has 0 radical (unpaired) electrons. The van der Waals surface area contributed by atoms with Gasteiger partial charge in [0.05, 0.1) is 4.92 Å². The second kappa shape index (κ2) is 8.53. The molecule has 1 aromatic carbocycles. The summed E-state index contributed by atoms with van der Waals surface area (Å²) in [7, 11) is 0. The molecule has 0 aromatic heterocycles. The number of benzene rings is 1. The van der Waals surface area contributed by atoms with E-state index in [2.05, 4.69) is 22.9 Å². The topological polar surface area (TPSA) is 43.1 Å². The Bertz CT molecular complexity index is 370. The number of halogens is 1. The summed E-state index contributed by atoms with van der Waals surface area (Å²) in [5.41, 5.74) is 0.153. The molecule has 3 nitrogen and oxygen atoms in total. The minimum Gasteiger partial charge on any atom is -0.258 e. The lowest BCUT2D eigenvalue weighted by molar-refractivity contribution is -0.384. The molecule has 1 rings (SSSR count). The van der Waals surface area contributed by atoms with Gasteiger partial charge in [-0.1, -0.05) is 42.1 Å². The van der Waals surface area contributed by atoms with Crippen LogP contribution < -0.4 is 0 Å². The first-order valence-electron chi connectivity index (χ1n) is 6.14. The largest absolute Gasteiger partial charge is 0.269 e. The third-order valence-corrected chi connectivity index (χ3v) is 5.14. The molecule has 100 valence electrons. The van der Waals surface area contributed by atoms with E-state index >= 15 is 0 Å². The highest BCUT2D eigenvalue weighted by molar-refractivity contribution is 9.09. The highest BCUT2D eigenvalue weighted by Gasteiger charge is 2.10. The Kier molecular flexibility index (Phi) is 7.35. The van der Waals surface area contributed by atoms with Crippen LogP contribution in [0.25, 0.3) is 0 Å². The van der Waals surface area contributed by atoms with Gasteiger partial charge in [0, 0.05) is 27.6 Å². The van der Waals surface area contributed by atoms with E-state index in [9.17, 15) is 10.1 Å². The van der Waals surface area contributed by atoms with E-state index in [1.165, 1.54) is 25.7 Å². The van der Waals surface area contributed by atoms with Crippen LogP contribution in [0.15, 0.2) is 29.2 Å². The van der Waals surface area contributed by atoms with Crippen LogP contribution in [-0.2, 0) is 0 Å². The van der Waals surface area contributed by atoms with Crippen molar-refractivity contribution in [2.24, 2.45) is 0 Å². The molecule has 1 atom stereocenters. The van der Waals surface area contributed by atoms with E-state index in [0.29, 0.717) is 5.25 Å². The molecular weight excluding hydrogens is 314 g/mol. The SMILES string of the molecule is CCCCCC(CBr)Sc1ccc([N+](=O)[O-])cc1. The van der Waals surface area contributed by atoms with Crippen molar-refractivity contribution in [3.05, 3.63) is 34.4 Å². The number of thioether (sulfide) groups is 1. The minimum absolute atomic E-state index is 0.153. The lowest BCUT2D eigenvalue weighted by atomic mass is 10.2. The molecule has 5 heteroatoms. The van der Waals surface area contributed by atoms with Gasteiger partial charge in [-0.25, -0.2) is 0 Å². The molecule has 0 N–H and O–H groups in total. The van der Waals surface area contributed by atoms with E-state index in [1.807, 2.05) is 12.1 Å². The molecule has 0 heterocycles. The smallest absolute Gasteiger partial charge is 0.258 e. The fourth-order valence-corrected chi connectivity index (χ4v) is 3.37. The summed E-state index contributed by atoms with van der Waals surface area (Å²) < 4.78 is 0. The molecule has 1 unspecified atom stereocenters. The number of alkyl halides is 1. The summed E-state index contributed by atoms with van der Waals surface area (Å²) in [6, 6.07) is 6.80. The number of unbranched alkanes of at least 4 members (excludes halogenated alkanes) is 2. The molecule has 0 aliphatic rings. The van der Waals surface area contributed by atoms with Crippen LogP contribution in [0.4, 0.5) is 5.69 Å². The van der Waals surface area contributed by atoms with Crippen molar-refractivity contribution in [2.75, 3.05) is 5.33 Å². The fourth-order valence-electron chi connectivity index (χ4n) is 1.63. The van der Waals surface area contributed by atoms with Crippen molar-refractivity contribution in [1.29, 1.82) is 0 Å². The monoisotopic (exact) mass is 331 g/mol. The Hall–Kier alpha value is -0.550. The third-order valence-electron chi connectivity index (χ3n) is 2.65. The van der Waals surface area contributed by atoms with Gasteiger partial charge in [0.2, 0.25) is 0 Å². The molecule has 0 bridgehead atoms. The average molecular weight is 332 g/mol. The van der Waals surface area contributed by atoms with Crippen LogP contribution in [0.3, 0.4) is 0 Å². The van der Waals surface area contributed by atoms with Crippen LogP contribution >= 0.6 is 27.7 Å². The van der Waals surface area contributed by atoms with E-state index in [1.54, 1.807) is 23.9 Å². The lowest BCUT2D eigenvalue weighted by Gasteiger charge is -2.13. The zero-order chi connectivity index (χ0) is 13.4. The van der Waals surface area contributed by atoms with E-state index in [-0.39, 0.29) is 10.6 Å². The molecule has 0 saturated carbocycles. The van der Waals surface area contributed by atoms with Gasteiger partial charge in [0.1, 0.15) is 0 Å². The number of hydrogen-bond donors (Lipinski definition) is 0. The van der Waals surface area contributed by atoms with Gasteiger partial charge < -0.3 is 0 Å². The molecule has 0 amide bonds. The second-order valence-corrected chi connectivity index (χ2v) is 6.16. The first-order chi connectivity index (χ1) is 8.67. The average Bonchev–Trinajstić information content (AvgIpc) is 2.38. The predicted octanol–water partition coefficient (Wildman–Crippen LogP) is 5.03. The van der Waals surface area contributed by atoms with E-state index in [0.717, 1.165) is 10.2 Å². The lowest BCUT2D eigenvalue weighted by Crippen LogP contribution is -2.03. The Labute approximate surface area is 121 Å². The Morgan fingerprint density at radius 3 is 2.50 bits per heavy atom. The molecule has 18 heavy (non-hydrogen) atoms. The standard InChI is InChI=1S/C13H18BrNO2S/c1-2-3-4-5-13(10-14)18-12-8-6-11(7-9-12)15(16)17/h6-9,13H,2-5,10H2,1H3. The van der Waals surface area contributed by atoms with Gasteiger partial charge in [-0.3, -0.25) is 10.1 Å². The quantitative estimate of drug-likeness (QED) is 0.220. The number of nitrogens with zero attached hydrogens (tertiary/aromatic N) is 1. The van der Waals surface area contributed by atoms with E-state index in [4.69, 9.17) is 0 Å². The number of non-ortho nitro benzene ring substituents is 1. The van der Waals surface area contributed by atoms with Crippen LogP contribution in [0, 0.1) is 10.1 Å². The van der Waals surface area contributed by atoms with Crippen LogP contribution in [0.2, 0.25) is 0 Å². The molecule has 0 saturated heterocycles. The molecule has 0 spiro atoms. The number of hydrogen-bond acceptors (Lipinski definition) is 3. The molecule has 1 aromatic rings. The normalized spacial score (nSPS) is 12.3. The first-order valence-corrected chi connectivity index (χ1v) is 8.14. The number of nitro groups is 1. The van der Waals surface area contributed by atoms with Crippen molar-refractivity contribution in [2.45, 2.75) is 42.8 Å². The highest BCUT2D eigenvalue weighted by atomic mass is 79.9. The Morgan fingerprint density at radius 2 is 2.00 bits per heavy atom.